The molecule has 0 saturated carbocycles. The molecule has 1 saturated heterocycles. The molecule has 0 radical (unpaired) electrons. The van der Waals surface area contributed by atoms with E-state index in [9.17, 15) is 4.79 Å². The van der Waals surface area contributed by atoms with Gasteiger partial charge in [-0.1, -0.05) is 11.8 Å². The van der Waals surface area contributed by atoms with Crippen LogP contribution in [0.25, 0.3) is 0 Å². The molecule has 52 valence electrons. The summed E-state index contributed by atoms with van der Waals surface area (Å²) < 4.78 is 0. The highest BCUT2D eigenvalue weighted by molar-refractivity contribution is 8.04. The van der Waals surface area contributed by atoms with E-state index in [4.69, 9.17) is 5.26 Å². The Morgan fingerprint density at radius 2 is 2.60 bits per heavy atom. The molecule has 1 unspecified atom stereocenters. The largest absolute Gasteiger partial charge is 0.319 e. The Balaban J connectivity index is 2.68. The molecule has 4 heteroatoms. The third kappa shape index (κ3) is 1.31. The van der Waals surface area contributed by atoms with E-state index in [0.717, 1.165) is 0 Å². The van der Waals surface area contributed by atoms with E-state index in [2.05, 4.69) is 5.32 Å². The summed E-state index contributed by atoms with van der Waals surface area (Å²) in [4.78, 5) is 10.8. The van der Waals surface area contributed by atoms with Crippen molar-refractivity contribution in [1.82, 2.24) is 5.32 Å². The summed E-state index contributed by atoms with van der Waals surface area (Å²) in [6.45, 7) is 1.80. The Morgan fingerprint density at radius 3 is 3.00 bits per heavy atom. The van der Waals surface area contributed by atoms with Crippen LogP contribution in [0.15, 0.2) is 11.1 Å². The standard InChI is InChI=1S/C6H6N2OS/c1-4-6(9)8-5(10-4)2-3-7/h2,4H,1H3,(H,8,9)/b5-2+. The van der Waals surface area contributed by atoms with Gasteiger partial charge >= 0.3 is 0 Å². The maximum Gasteiger partial charge on any atom is 0.238 e. The summed E-state index contributed by atoms with van der Waals surface area (Å²) >= 11 is 1.38. The third-order valence-corrected chi connectivity index (χ3v) is 2.16. The van der Waals surface area contributed by atoms with Gasteiger partial charge in [0.15, 0.2) is 0 Å². The lowest BCUT2D eigenvalue weighted by Crippen LogP contribution is -2.19. The van der Waals surface area contributed by atoms with Gasteiger partial charge in [-0.25, -0.2) is 0 Å². The van der Waals surface area contributed by atoms with Crippen molar-refractivity contribution in [3.05, 3.63) is 11.1 Å². The Kier molecular flexibility index (Phi) is 1.97. The summed E-state index contributed by atoms with van der Waals surface area (Å²) in [5, 5.41) is 11.4. The second kappa shape index (κ2) is 2.76. The normalized spacial score (nSPS) is 28.2. The second-order valence-electron chi connectivity index (χ2n) is 1.89. The minimum absolute atomic E-state index is 0.0218. The number of rotatable bonds is 0. The van der Waals surface area contributed by atoms with E-state index in [0.29, 0.717) is 5.03 Å². The molecular weight excluding hydrogens is 148 g/mol. The van der Waals surface area contributed by atoms with Gasteiger partial charge in [-0.3, -0.25) is 4.79 Å². The van der Waals surface area contributed by atoms with Crippen molar-refractivity contribution >= 4 is 17.7 Å². The highest BCUT2D eigenvalue weighted by Gasteiger charge is 2.23. The van der Waals surface area contributed by atoms with Gasteiger partial charge in [-0.05, 0) is 6.92 Å². The molecule has 1 fully saturated rings. The number of hydrogen-bond acceptors (Lipinski definition) is 3. The van der Waals surface area contributed by atoms with Crippen LogP contribution in [0.1, 0.15) is 6.92 Å². The Bertz CT molecular complexity index is 228. The van der Waals surface area contributed by atoms with Gasteiger partial charge in [0.05, 0.1) is 16.3 Å². The van der Waals surface area contributed by atoms with Crippen molar-refractivity contribution in [1.29, 1.82) is 5.26 Å². The first-order chi connectivity index (χ1) is 4.74. The number of nitrogens with one attached hydrogen (secondary N) is 1. The maximum atomic E-state index is 10.8. The van der Waals surface area contributed by atoms with Crippen LogP contribution in [-0.2, 0) is 4.79 Å². The number of hydrogen-bond donors (Lipinski definition) is 1. The van der Waals surface area contributed by atoms with E-state index in [1.165, 1.54) is 17.8 Å². The number of carbonyl (C=O) groups is 1. The van der Waals surface area contributed by atoms with Crippen LogP contribution >= 0.6 is 11.8 Å². The summed E-state index contributed by atoms with van der Waals surface area (Å²) in [6, 6.07) is 1.85. The highest BCUT2D eigenvalue weighted by Crippen LogP contribution is 2.25. The Morgan fingerprint density at radius 1 is 1.90 bits per heavy atom. The summed E-state index contributed by atoms with van der Waals surface area (Å²) in [5.74, 6) is -0.0218. The van der Waals surface area contributed by atoms with Crippen molar-refractivity contribution < 1.29 is 4.79 Å². The van der Waals surface area contributed by atoms with Crippen molar-refractivity contribution in [2.24, 2.45) is 0 Å². The quantitative estimate of drug-likeness (QED) is 0.520. The molecule has 1 aliphatic heterocycles. The van der Waals surface area contributed by atoms with Crippen LogP contribution < -0.4 is 5.32 Å². The van der Waals surface area contributed by atoms with Crippen LogP contribution in [0.4, 0.5) is 0 Å². The van der Waals surface area contributed by atoms with Crippen molar-refractivity contribution in [3.8, 4) is 6.07 Å². The van der Waals surface area contributed by atoms with Gasteiger partial charge in [-0.15, -0.1) is 0 Å². The molecule has 0 aromatic carbocycles. The van der Waals surface area contributed by atoms with Crippen molar-refractivity contribution in [2.75, 3.05) is 0 Å². The molecule has 3 nitrogen and oxygen atoms in total. The fraction of sp³-hybridized carbons (Fsp3) is 0.333. The molecule has 1 atom stereocenters. The van der Waals surface area contributed by atoms with Crippen LogP contribution in [0, 0.1) is 11.3 Å². The van der Waals surface area contributed by atoms with Crippen LogP contribution in [0.5, 0.6) is 0 Å². The minimum atomic E-state index is -0.0559. The second-order valence-corrected chi connectivity index (χ2v) is 3.27. The number of nitrogens with zero attached hydrogens (tertiary/aromatic N) is 1. The van der Waals surface area contributed by atoms with E-state index in [1.54, 1.807) is 6.92 Å². The molecule has 1 N–H and O–H groups in total. The first-order valence-corrected chi connectivity index (χ1v) is 3.69. The average molecular weight is 154 g/mol. The Labute approximate surface area is 63.1 Å². The van der Waals surface area contributed by atoms with Crippen molar-refractivity contribution in [2.45, 2.75) is 12.2 Å². The monoisotopic (exact) mass is 154 g/mol. The minimum Gasteiger partial charge on any atom is -0.319 e. The van der Waals surface area contributed by atoms with Gasteiger partial charge < -0.3 is 5.32 Å². The predicted octanol–water partition coefficient (Wildman–Crippen LogP) is 0.603. The van der Waals surface area contributed by atoms with Crippen LogP contribution in [-0.4, -0.2) is 11.2 Å². The Hall–Kier alpha value is -0.950. The molecule has 0 bridgehead atoms. The lowest BCUT2D eigenvalue weighted by atomic mass is 10.4. The lowest BCUT2D eigenvalue weighted by Gasteiger charge is -1.88. The topological polar surface area (TPSA) is 52.9 Å². The highest BCUT2D eigenvalue weighted by atomic mass is 32.2. The van der Waals surface area contributed by atoms with Gasteiger partial charge in [0.1, 0.15) is 0 Å². The molecule has 1 rings (SSSR count). The van der Waals surface area contributed by atoms with E-state index < -0.39 is 0 Å². The van der Waals surface area contributed by atoms with E-state index in [1.807, 2.05) is 6.07 Å². The van der Waals surface area contributed by atoms with Crippen LogP contribution in [0.2, 0.25) is 0 Å². The van der Waals surface area contributed by atoms with Gasteiger partial charge in [0, 0.05) is 6.08 Å². The van der Waals surface area contributed by atoms with E-state index in [-0.39, 0.29) is 11.2 Å². The SMILES string of the molecule is CC1S/C(=C/C#N)NC1=O. The molecule has 0 spiro atoms. The van der Waals surface area contributed by atoms with Crippen molar-refractivity contribution in [3.63, 3.8) is 0 Å². The molecular formula is C6H6N2OS. The summed E-state index contributed by atoms with van der Waals surface area (Å²) in [5.41, 5.74) is 0. The smallest absolute Gasteiger partial charge is 0.238 e. The number of thioether (sulfide) groups is 1. The van der Waals surface area contributed by atoms with E-state index >= 15 is 0 Å². The lowest BCUT2D eigenvalue weighted by molar-refractivity contribution is -0.118. The molecule has 10 heavy (non-hydrogen) atoms. The zero-order chi connectivity index (χ0) is 7.56. The number of allylic oxidation sites excluding steroid dienone is 1. The maximum absolute atomic E-state index is 10.8. The number of amides is 1. The first-order valence-electron chi connectivity index (χ1n) is 2.81. The fourth-order valence-electron chi connectivity index (χ4n) is 0.625. The van der Waals surface area contributed by atoms with Crippen LogP contribution in [0.3, 0.4) is 0 Å². The first kappa shape index (κ1) is 7.16. The molecule has 1 aliphatic rings. The molecule has 0 aromatic heterocycles. The molecule has 1 heterocycles. The summed E-state index contributed by atoms with van der Waals surface area (Å²) in [7, 11) is 0. The average Bonchev–Trinajstić information content (AvgIpc) is 2.14. The zero-order valence-electron chi connectivity index (χ0n) is 5.42. The van der Waals surface area contributed by atoms with Gasteiger partial charge in [0.25, 0.3) is 0 Å². The molecule has 0 aromatic rings. The zero-order valence-corrected chi connectivity index (χ0v) is 6.23. The molecule has 0 aliphatic carbocycles. The van der Waals surface area contributed by atoms with Gasteiger partial charge in [0.2, 0.25) is 5.91 Å². The summed E-state index contributed by atoms with van der Waals surface area (Å²) in [6.07, 6.45) is 1.34. The predicted molar refractivity (Wildman–Crippen MR) is 38.9 cm³/mol. The number of nitriles is 1. The fourth-order valence-corrected chi connectivity index (χ4v) is 1.45. The number of carbonyl (C=O) groups excluding carboxylic acids is 1. The molecule has 1 amide bonds. The third-order valence-electron chi connectivity index (χ3n) is 1.12. The van der Waals surface area contributed by atoms with Gasteiger partial charge in [-0.2, -0.15) is 5.26 Å².